The minimum Gasteiger partial charge on any atom is -0.473 e. The van der Waals surface area contributed by atoms with E-state index < -0.39 is 0 Å². The van der Waals surface area contributed by atoms with E-state index in [0.717, 1.165) is 24.3 Å². The number of hydrogen-bond acceptors (Lipinski definition) is 6. The summed E-state index contributed by atoms with van der Waals surface area (Å²) in [6.07, 6.45) is 2.57. The van der Waals surface area contributed by atoms with Crippen LogP contribution in [0.25, 0.3) is 0 Å². The van der Waals surface area contributed by atoms with E-state index >= 15 is 0 Å². The maximum atomic E-state index is 6.01. The van der Waals surface area contributed by atoms with Crippen LogP contribution in [0.4, 0.5) is 5.82 Å². The number of rotatable bonds is 6. The van der Waals surface area contributed by atoms with E-state index in [9.17, 15) is 0 Å². The summed E-state index contributed by atoms with van der Waals surface area (Å²) < 4.78 is 11.3. The Morgan fingerprint density at radius 3 is 2.79 bits per heavy atom. The van der Waals surface area contributed by atoms with Crippen molar-refractivity contribution in [2.24, 2.45) is 5.73 Å². The Morgan fingerprint density at radius 1 is 1.29 bits per heavy atom. The predicted molar refractivity (Wildman–Crippen MR) is 93.0 cm³/mol. The molecule has 1 saturated heterocycles. The van der Waals surface area contributed by atoms with E-state index in [0.29, 0.717) is 19.0 Å². The maximum Gasteiger partial charge on any atom is 0.218 e. The molecule has 2 atom stereocenters. The molecule has 1 fully saturated rings. The number of nitrogens with zero attached hydrogens (tertiary/aromatic N) is 3. The van der Waals surface area contributed by atoms with Gasteiger partial charge in [-0.25, -0.2) is 9.97 Å². The van der Waals surface area contributed by atoms with Crippen LogP contribution in [0, 0.1) is 0 Å². The minimum absolute atomic E-state index is 0.155. The second-order valence-electron chi connectivity index (χ2n) is 6.36. The van der Waals surface area contributed by atoms with Gasteiger partial charge in [0.05, 0.1) is 11.6 Å². The van der Waals surface area contributed by atoms with E-state index in [1.165, 1.54) is 6.33 Å². The molecular formula is C18H24N4O2. The fraction of sp³-hybridized carbons (Fsp3) is 0.444. The molecular weight excluding hydrogens is 304 g/mol. The third-order valence-corrected chi connectivity index (χ3v) is 4.61. The van der Waals surface area contributed by atoms with Gasteiger partial charge in [0, 0.05) is 26.3 Å². The molecule has 0 bridgehead atoms. The molecule has 24 heavy (non-hydrogen) atoms. The van der Waals surface area contributed by atoms with Gasteiger partial charge in [0.2, 0.25) is 5.88 Å². The summed E-state index contributed by atoms with van der Waals surface area (Å²) >= 11 is 0. The lowest BCUT2D eigenvalue weighted by atomic mass is 9.98. The van der Waals surface area contributed by atoms with Gasteiger partial charge < -0.3 is 20.1 Å². The molecule has 1 aliphatic rings. The number of nitrogens with two attached hydrogens (primary N) is 1. The molecule has 3 rings (SSSR count). The topological polar surface area (TPSA) is 73.5 Å². The highest BCUT2D eigenvalue weighted by molar-refractivity contribution is 5.46. The monoisotopic (exact) mass is 328 g/mol. The van der Waals surface area contributed by atoms with Gasteiger partial charge in [0.15, 0.2) is 0 Å². The van der Waals surface area contributed by atoms with Crippen molar-refractivity contribution in [2.75, 3.05) is 25.1 Å². The van der Waals surface area contributed by atoms with Crippen molar-refractivity contribution in [3.63, 3.8) is 0 Å². The van der Waals surface area contributed by atoms with Gasteiger partial charge in [-0.15, -0.1) is 0 Å². The summed E-state index contributed by atoms with van der Waals surface area (Å²) in [6, 6.07) is 11.9. The van der Waals surface area contributed by atoms with Gasteiger partial charge in [-0.2, -0.15) is 0 Å². The summed E-state index contributed by atoms with van der Waals surface area (Å²) in [5.41, 5.74) is 6.94. The van der Waals surface area contributed by atoms with Crippen LogP contribution in [-0.4, -0.2) is 41.8 Å². The molecule has 1 aromatic heterocycles. The highest BCUT2D eigenvalue weighted by atomic mass is 16.5. The molecule has 6 heteroatoms. The fourth-order valence-electron chi connectivity index (χ4n) is 3.10. The number of methoxy groups -OCH3 is 1. The van der Waals surface area contributed by atoms with Gasteiger partial charge in [-0.3, -0.25) is 0 Å². The van der Waals surface area contributed by atoms with Gasteiger partial charge in [-0.1, -0.05) is 30.3 Å². The Kier molecular flexibility index (Phi) is 4.97. The van der Waals surface area contributed by atoms with Crippen LogP contribution in [0.2, 0.25) is 0 Å². The normalized spacial score (nSPS) is 23.5. The van der Waals surface area contributed by atoms with Crippen LogP contribution in [0.15, 0.2) is 42.7 Å². The number of benzene rings is 1. The first-order valence-corrected chi connectivity index (χ1v) is 8.14. The van der Waals surface area contributed by atoms with Crippen molar-refractivity contribution in [1.82, 2.24) is 9.97 Å². The molecule has 128 valence electrons. The molecule has 0 aliphatic carbocycles. The zero-order valence-corrected chi connectivity index (χ0v) is 14.2. The molecule has 2 unspecified atom stereocenters. The summed E-state index contributed by atoms with van der Waals surface area (Å²) in [7, 11) is 1.74. The van der Waals surface area contributed by atoms with Crippen LogP contribution in [-0.2, 0) is 11.3 Å². The van der Waals surface area contributed by atoms with E-state index in [1.54, 1.807) is 7.11 Å². The van der Waals surface area contributed by atoms with Gasteiger partial charge in [0.1, 0.15) is 18.8 Å². The van der Waals surface area contributed by atoms with Crippen molar-refractivity contribution in [2.45, 2.75) is 31.6 Å². The number of hydrogen-bond donors (Lipinski definition) is 1. The molecule has 0 saturated carbocycles. The first-order chi connectivity index (χ1) is 11.6. The Balaban J connectivity index is 1.75. The van der Waals surface area contributed by atoms with Crippen LogP contribution >= 0.6 is 0 Å². The summed E-state index contributed by atoms with van der Waals surface area (Å²) in [6.45, 7) is 3.92. The molecule has 2 N–H and O–H groups in total. The highest BCUT2D eigenvalue weighted by Gasteiger charge is 2.42. The Bertz CT molecular complexity index is 667. The van der Waals surface area contributed by atoms with Crippen molar-refractivity contribution < 1.29 is 9.47 Å². The minimum atomic E-state index is -0.175. The molecule has 2 aromatic rings. The largest absolute Gasteiger partial charge is 0.473 e. The molecule has 1 aliphatic heterocycles. The maximum absolute atomic E-state index is 6.01. The Morgan fingerprint density at radius 2 is 2.08 bits per heavy atom. The smallest absolute Gasteiger partial charge is 0.218 e. The number of ether oxygens (including phenoxy) is 2. The number of anilines is 1. The number of aromatic nitrogens is 2. The Hall–Kier alpha value is -2.18. The Labute approximate surface area is 142 Å². The van der Waals surface area contributed by atoms with Crippen LogP contribution in [0.1, 0.15) is 18.9 Å². The van der Waals surface area contributed by atoms with E-state index in [2.05, 4.69) is 21.8 Å². The van der Waals surface area contributed by atoms with E-state index in [4.69, 9.17) is 15.2 Å². The fourth-order valence-corrected chi connectivity index (χ4v) is 3.10. The summed E-state index contributed by atoms with van der Waals surface area (Å²) in [5, 5.41) is 0. The van der Waals surface area contributed by atoms with Crippen LogP contribution in [0.5, 0.6) is 5.88 Å². The average molecular weight is 328 g/mol. The summed E-state index contributed by atoms with van der Waals surface area (Å²) in [5.74, 6) is 1.38. The lowest BCUT2D eigenvalue weighted by Gasteiger charge is -2.34. The van der Waals surface area contributed by atoms with Crippen LogP contribution < -0.4 is 15.4 Å². The van der Waals surface area contributed by atoms with Crippen molar-refractivity contribution in [1.29, 1.82) is 0 Å². The third-order valence-electron chi connectivity index (χ3n) is 4.61. The van der Waals surface area contributed by atoms with Crippen molar-refractivity contribution in [3.8, 4) is 5.88 Å². The second-order valence-corrected chi connectivity index (χ2v) is 6.36. The molecule has 0 amide bonds. The molecule has 6 nitrogen and oxygen atoms in total. The summed E-state index contributed by atoms with van der Waals surface area (Å²) in [4.78, 5) is 10.8. The lowest BCUT2D eigenvalue weighted by molar-refractivity contribution is 0.114. The van der Waals surface area contributed by atoms with E-state index in [-0.39, 0.29) is 11.6 Å². The lowest BCUT2D eigenvalue weighted by Crippen LogP contribution is -2.47. The van der Waals surface area contributed by atoms with Crippen LogP contribution in [0.3, 0.4) is 0 Å². The quantitative estimate of drug-likeness (QED) is 0.874. The molecule has 0 radical (unpaired) electrons. The predicted octanol–water partition coefficient (Wildman–Crippen LogP) is 2.00. The first-order valence-electron chi connectivity index (χ1n) is 8.14. The zero-order valence-electron chi connectivity index (χ0n) is 14.2. The molecule has 0 spiro atoms. The van der Waals surface area contributed by atoms with Gasteiger partial charge >= 0.3 is 0 Å². The highest BCUT2D eigenvalue weighted by Crippen LogP contribution is 2.34. The SMILES string of the molecule is COC1CN(c2cc(OCc3ccccc3)ncn2)C(C)(CN)C1. The van der Waals surface area contributed by atoms with Gasteiger partial charge in [-0.05, 0) is 18.9 Å². The standard InChI is InChI=1S/C18H24N4O2/c1-18(12-19)9-15(23-2)10-22(18)16-8-17(21-13-20-16)24-11-14-6-4-3-5-7-14/h3-8,13,15H,9-12,19H2,1-2H3. The van der Waals surface area contributed by atoms with Crippen molar-refractivity contribution in [3.05, 3.63) is 48.3 Å². The zero-order chi connectivity index (χ0) is 17.0. The van der Waals surface area contributed by atoms with Gasteiger partial charge in [0.25, 0.3) is 0 Å². The van der Waals surface area contributed by atoms with Crippen molar-refractivity contribution >= 4 is 5.82 Å². The first kappa shape index (κ1) is 16.7. The molecule has 2 heterocycles. The second kappa shape index (κ2) is 7.15. The average Bonchev–Trinajstić information content (AvgIpc) is 2.99. The third kappa shape index (κ3) is 3.49. The molecule has 1 aromatic carbocycles. The van der Waals surface area contributed by atoms with E-state index in [1.807, 2.05) is 36.4 Å².